The Balaban J connectivity index is 1.57. The summed E-state index contributed by atoms with van der Waals surface area (Å²) in [6.07, 6.45) is 1.58. The summed E-state index contributed by atoms with van der Waals surface area (Å²) < 4.78 is 16.1. The van der Waals surface area contributed by atoms with Gasteiger partial charge in [-0.3, -0.25) is 0 Å². The highest BCUT2D eigenvalue weighted by atomic mass is 35.5. The van der Waals surface area contributed by atoms with Crippen LogP contribution in [0.1, 0.15) is 27.0 Å². The number of hydrogen-bond donors (Lipinski definition) is 0. The van der Waals surface area contributed by atoms with Crippen molar-refractivity contribution in [2.45, 2.75) is 6.92 Å². The van der Waals surface area contributed by atoms with Gasteiger partial charge >= 0.3 is 11.9 Å². The molecule has 0 radical (unpaired) electrons. The van der Waals surface area contributed by atoms with Gasteiger partial charge in [0.2, 0.25) is 5.90 Å². The minimum Gasteiger partial charge on any atom is -0.493 e. The molecular formula is C25H18ClNO5. The first-order valence-corrected chi connectivity index (χ1v) is 10.1. The maximum absolute atomic E-state index is 12.4. The van der Waals surface area contributed by atoms with Crippen molar-refractivity contribution in [3.8, 4) is 11.5 Å². The first-order valence-electron chi connectivity index (χ1n) is 9.68. The van der Waals surface area contributed by atoms with Gasteiger partial charge in [0.25, 0.3) is 0 Å². The number of aliphatic imine (C=N–C) groups is 1. The third-order valence-corrected chi connectivity index (χ3v) is 4.91. The van der Waals surface area contributed by atoms with E-state index in [-0.39, 0.29) is 17.3 Å². The molecule has 32 heavy (non-hydrogen) atoms. The van der Waals surface area contributed by atoms with Gasteiger partial charge in [0.15, 0.2) is 17.2 Å². The van der Waals surface area contributed by atoms with Gasteiger partial charge in [0.05, 0.1) is 12.7 Å². The Labute approximate surface area is 189 Å². The van der Waals surface area contributed by atoms with E-state index in [1.807, 2.05) is 31.2 Å². The van der Waals surface area contributed by atoms with Crippen molar-refractivity contribution in [3.05, 3.63) is 99.7 Å². The molecule has 0 unspecified atom stereocenters. The molecule has 0 aromatic heterocycles. The van der Waals surface area contributed by atoms with E-state index in [1.54, 1.807) is 48.5 Å². The second-order valence-corrected chi connectivity index (χ2v) is 7.45. The van der Waals surface area contributed by atoms with Crippen LogP contribution in [0.3, 0.4) is 0 Å². The number of carbonyl (C=O) groups is 2. The summed E-state index contributed by atoms with van der Waals surface area (Å²) in [6, 6.07) is 18.8. The van der Waals surface area contributed by atoms with E-state index < -0.39 is 11.9 Å². The number of hydrogen-bond acceptors (Lipinski definition) is 6. The number of rotatable bonds is 5. The Morgan fingerprint density at radius 2 is 1.81 bits per heavy atom. The Morgan fingerprint density at radius 1 is 1.03 bits per heavy atom. The predicted molar refractivity (Wildman–Crippen MR) is 121 cm³/mol. The molecule has 0 amide bonds. The van der Waals surface area contributed by atoms with E-state index in [0.29, 0.717) is 21.9 Å². The molecule has 0 saturated carbocycles. The number of carbonyl (C=O) groups excluding carboxylic acids is 2. The molecule has 0 saturated heterocycles. The Kier molecular flexibility index (Phi) is 6.05. The summed E-state index contributed by atoms with van der Waals surface area (Å²) in [5, 5.41) is 0.523. The number of halogens is 1. The van der Waals surface area contributed by atoms with E-state index in [2.05, 4.69) is 4.99 Å². The van der Waals surface area contributed by atoms with Gasteiger partial charge in [-0.1, -0.05) is 35.4 Å². The molecule has 1 aliphatic rings. The zero-order valence-electron chi connectivity index (χ0n) is 17.3. The van der Waals surface area contributed by atoms with Crippen LogP contribution in [0.5, 0.6) is 11.5 Å². The Hall–Kier alpha value is -3.90. The monoisotopic (exact) mass is 447 g/mol. The Bertz CT molecular complexity index is 1260. The zero-order chi connectivity index (χ0) is 22.7. The van der Waals surface area contributed by atoms with E-state index in [0.717, 1.165) is 11.1 Å². The fourth-order valence-electron chi connectivity index (χ4n) is 3.07. The smallest absolute Gasteiger partial charge is 0.363 e. The van der Waals surface area contributed by atoms with Crippen LogP contribution < -0.4 is 9.47 Å². The molecule has 0 spiro atoms. The lowest BCUT2D eigenvalue weighted by Gasteiger charge is -2.10. The van der Waals surface area contributed by atoms with Crippen molar-refractivity contribution < 1.29 is 23.8 Å². The highest BCUT2D eigenvalue weighted by molar-refractivity contribution is 6.30. The number of ether oxygens (including phenoxy) is 3. The third-order valence-electron chi connectivity index (χ3n) is 4.66. The third kappa shape index (κ3) is 4.71. The molecule has 3 aromatic rings. The average molecular weight is 448 g/mol. The van der Waals surface area contributed by atoms with Crippen molar-refractivity contribution in [1.29, 1.82) is 0 Å². The molecule has 0 fully saturated rings. The SMILES string of the molecule is COc1cc(/C=C2\N=C(c3cccc(C)c3)OC2=O)ccc1OC(=O)c1ccc(Cl)cc1. The predicted octanol–water partition coefficient (Wildman–Crippen LogP) is 5.22. The molecule has 4 rings (SSSR count). The number of nitrogens with zero attached hydrogens (tertiary/aromatic N) is 1. The molecule has 0 bridgehead atoms. The number of esters is 2. The van der Waals surface area contributed by atoms with Crippen LogP contribution in [-0.4, -0.2) is 24.9 Å². The van der Waals surface area contributed by atoms with Crippen LogP contribution in [-0.2, 0) is 9.53 Å². The van der Waals surface area contributed by atoms with Gasteiger partial charge < -0.3 is 14.2 Å². The van der Waals surface area contributed by atoms with Crippen LogP contribution >= 0.6 is 11.6 Å². The van der Waals surface area contributed by atoms with Crippen molar-refractivity contribution in [3.63, 3.8) is 0 Å². The molecule has 160 valence electrons. The van der Waals surface area contributed by atoms with Crippen molar-refractivity contribution in [2.24, 2.45) is 4.99 Å². The number of aryl methyl sites for hydroxylation is 1. The van der Waals surface area contributed by atoms with Crippen molar-refractivity contribution >= 4 is 35.5 Å². The van der Waals surface area contributed by atoms with E-state index in [9.17, 15) is 9.59 Å². The van der Waals surface area contributed by atoms with Gasteiger partial charge in [-0.15, -0.1) is 0 Å². The number of benzene rings is 3. The van der Waals surface area contributed by atoms with Gasteiger partial charge in [-0.2, -0.15) is 0 Å². The summed E-state index contributed by atoms with van der Waals surface area (Å²) >= 11 is 5.85. The minimum absolute atomic E-state index is 0.162. The van der Waals surface area contributed by atoms with Gasteiger partial charge in [0, 0.05) is 10.6 Å². The normalized spacial score (nSPS) is 14.2. The summed E-state index contributed by atoms with van der Waals surface area (Å²) in [4.78, 5) is 29.0. The minimum atomic E-state index is -0.544. The number of cyclic esters (lactones) is 1. The second-order valence-electron chi connectivity index (χ2n) is 7.01. The molecular weight excluding hydrogens is 430 g/mol. The largest absolute Gasteiger partial charge is 0.493 e. The van der Waals surface area contributed by atoms with Gasteiger partial charge in [-0.25, -0.2) is 14.6 Å². The molecule has 0 aliphatic carbocycles. The van der Waals surface area contributed by atoms with Crippen molar-refractivity contribution in [1.82, 2.24) is 0 Å². The summed E-state index contributed by atoms with van der Waals surface area (Å²) in [5.74, 6) is -0.259. The van der Waals surface area contributed by atoms with E-state index in [1.165, 1.54) is 7.11 Å². The Morgan fingerprint density at radius 3 is 2.53 bits per heavy atom. The standard InChI is InChI=1S/C25H18ClNO5/c1-15-4-3-5-18(12-15)23-27-20(25(29)32-23)13-16-6-11-21(22(14-16)30-2)31-24(28)17-7-9-19(26)10-8-17/h3-14H,1-2H3/b20-13-. The van der Waals surface area contributed by atoms with Crippen molar-refractivity contribution in [2.75, 3.05) is 7.11 Å². The first kappa shape index (κ1) is 21.3. The second kappa shape index (κ2) is 9.08. The molecule has 0 atom stereocenters. The van der Waals surface area contributed by atoms with E-state index in [4.69, 9.17) is 25.8 Å². The molecule has 6 nitrogen and oxygen atoms in total. The lowest BCUT2D eigenvalue weighted by molar-refractivity contribution is -0.129. The maximum Gasteiger partial charge on any atom is 0.363 e. The molecule has 0 N–H and O–H groups in total. The summed E-state index contributed by atoms with van der Waals surface area (Å²) in [5.41, 5.74) is 2.91. The molecule has 3 aromatic carbocycles. The molecule has 1 aliphatic heterocycles. The quantitative estimate of drug-likeness (QED) is 0.304. The highest BCUT2D eigenvalue weighted by Gasteiger charge is 2.24. The summed E-state index contributed by atoms with van der Waals surface area (Å²) in [7, 11) is 1.46. The van der Waals surface area contributed by atoms with Gasteiger partial charge in [0.1, 0.15) is 0 Å². The average Bonchev–Trinajstić information content (AvgIpc) is 3.15. The van der Waals surface area contributed by atoms with Crippen LogP contribution in [0.15, 0.2) is 77.4 Å². The van der Waals surface area contributed by atoms with Crippen LogP contribution in [0.2, 0.25) is 5.02 Å². The zero-order valence-corrected chi connectivity index (χ0v) is 18.1. The molecule has 7 heteroatoms. The fourth-order valence-corrected chi connectivity index (χ4v) is 3.20. The van der Waals surface area contributed by atoms with E-state index >= 15 is 0 Å². The lowest BCUT2D eigenvalue weighted by Crippen LogP contribution is -2.09. The highest BCUT2D eigenvalue weighted by Crippen LogP contribution is 2.30. The van der Waals surface area contributed by atoms with Crippen LogP contribution in [0, 0.1) is 6.92 Å². The van der Waals surface area contributed by atoms with Gasteiger partial charge in [-0.05, 0) is 67.1 Å². The first-order chi connectivity index (χ1) is 15.4. The topological polar surface area (TPSA) is 74.2 Å². The maximum atomic E-state index is 12.4. The summed E-state index contributed by atoms with van der Waals surface area (Å²) in [6.45, 7) is 1.95. The fraction of sp³-hybridized carbons (Fsp3) is 0.0800. The van der Waals surface area contributed by atoms with Crippen LogP contribution in [0.25, 0.3) is 6.08 Å². The number of methoxy groups -OCH3 is 1. The lowest BCUT2D eigenvalue weighted by atomic mass is 10.1. The molecule has 1 heterocycles. The van der Waals surface area contributed by atoms with Crippen LogP contribution in [0.4, 0.5) is 0 Å².